The Labute approximate surface area is 139 Å². The Morgan fingerprint density at radius 1 is 1.17 bits per heavy atom. The van der Waals surface area contributed by atoms with Gasteiger partial charge in [0.1, 0.15) is 12.3 Å². The topological polar surface area (TPSA) is 58.6 Å². The van der Waals surface area contributed by atoms with Crippen molar-refractivity contribution in [2.24, 2.45) is 0 Å². The molecule has 0 unspecified atom stereocenters. The lowest BCUT2D eigenvalue weighted by Crippen LogP contribution is -2.36. The van der Waals surface area contributed by atoms with Gasteiger partial charge in [0.25, 0.3) is 0 Å². The monoisotopic (exact) mass is 332 g/mol. The molecule has 0 aliphatic heterocycles. The maximum Gasteiger partial charge on any atom is 0.244 e. The van der Waals surface area contributed by atoms with Gasteiger partial charge in [0.2, 0.25) is 11.8 Å². The molecule has 0 aromatic heterocycles. The molecular formula is C17H17ClN2O3. The molecule has 2 amide bonds. The molecule has 0 fully saturated rings. The first-order valence-corrected chi connectivity index (χ1v) is 7.35. The molecule has 1 N–H and O–H groups in total. The molecule has 0 saturated carbocycles. The number of para-hydroxylation sites is 1. The first-order chi connectivity index (χ1) is 11.0. The Hall–Kier alpha value is -2.53. The van der Waals surface area contributed by atoms with E-state index in [1.165, 1.54) is 18.9 Å². The molecule has 120 valence electrons. The van der Waals surface area contributed by atoms with Gasteiger partial charge in [0.05, 0.1) is 12.8 Å². The number of ether oxygens (including phenoxy) is 1. The number of carbonyl (C=O) groups excluding carboxylic acids is 2. The quantitative estimate of drug-likeness (QED) is 0.913. The van der Waals surface area contributed by atoms with Crippen molar-refractivity contribution in [3.05, 3.63) is 53.6 Å². The van der Waals surface area contributed by atoms with Crippen LogP contribution in [0.5, 0.6) is 5.75 Å². The van der Waals surface area contributed by atoms with Crippen LogP contribution in [-0.2, 0) is 9.59 Å². The number of anilines is 2. The highest BCUT2D eigenvalue weighted by molar-refractivity contribution is 6.31. The van der Waals surface area contributed by atoms with E-state index in [4.69, 9.17) is 16.3 Å². The van der Waals surface area contributed by atoms with Gasteiger partial charge in [-0.25, -0.2) is 0 Å². The summed E-state index contributed by atoms with van der Waals surface area (Å²) in [6.45, 7) is 1.31. The Morgan fingerprint density at radius 2 is 1.87 bits per heavy atom. The highest BCUT2D eigenvalue weighted by Crippen LogP contribution is 2.27. The van der Waals surface area contributed by atoms with Gasteiger partial charge in [-0.05, 0) is 30.3 Å². The summed E-state index contributed by atoms with van der Waals surface area (Å²) in [5, 5.41) is 3.19. The number of methoxy groups -OCH3 is 1. The predicted molar refractivity (Wildman–Crippen MR) is 91.1 cm³/mol. The second kappa shape index (κ2) is 7.65. The number of carbonyl (C=O) groups is 2. The van der Waals surface area contributed by atoms with Crippen molar-refractivity contribution in [3.63, 3.8) is 0 Å². The fourth-order valence-corrected chi connectivity index (χ4v) is 2.28. The molecule has 0 bridgehead atoms. The zero-order chi connectivity index (χ0) is 16.8. The molecule has 5 nitrogen and oxygen atoms in total. The second-order valence-corrected chi connectivity index (χ2v) is 5.27. The summed E-state index contributed by atoms with van der Waals surface area (Å²) < 4.78 is 5.18. The van der Waals surface area contributed by atoms with E-state index in [-0.39, 0.29) is 18.4 Å². The molecule has 2 rings (SSSR count). The number of halogens is 1. The predicted octanol–water partition coefficient (Wildman–Crippen LogP) is 3.34. The lowest BCUT2D eigenvalue weighted by molar-refractivity contribution is -0.120. The summed E-state index contributed by atoms with van der Waals surface area (Å²) >= 11 is 5.94. The summed E-state index contributed by atoms with van der Waals surface area (Å²) in [7, 11) is 1.50. The fraction of sp³-hybridized carbons (Fsp3) is 0.176. The lowest BCUT2D eigenvalue weighted by atomic mass is 10.2. The smallest absolute Gasteiger partial charge is 0.244 e. The molecule has 0 aliphatic carbocycles. The van der Waals surface area contributed by atoms with E-state index in [9.17, 15) is 9.59 Å². The summed E-state index contributed by atoms with van der Waals surface area (Å²) in [4.78, 5) is 25.5. The third-order valence-corrected chi connectivity index (χ3v) is 3.42. The van der Waals surface area contributed by atoms with Crippen LogP contribution >= 0.6 is 11.6 Å². The molecule has 0 radical (unpaired) electrons. The third-order valence-electron chi connectivity index (χ3n) is 3.19. The van der Waals surface area contributed by atoms with Crippen molar-refractivity contribution in [1.29, 1.82) is 0 Å². The summed E-state index contributed by atoms with van der Waals surface area (Å²) in [5.41, 5.74) is 1.12. The first kappa shape index (κ1) is 16.8. The van der Waals surface area contributed by atoms with Crippen molar-refractivity contribution in [1.82, 2.24) is 0 Å². The van der Waals surface area contributed by atoms with Crippen molar-refractivity contribution >= 4 is 34.8 Å². The minimum atomic E-state index is -0.343. The maximum atomic E-state index is 12.3. The number of amides is 2. The van der Waals surface area contributed by atoms with Crippen LogP contribution in [0.1, 0.15) is 6.92 Å². The first-order valence-electron chi connectivity index (χ1n) is 6.98. The average molecular weight is 333 g/mol. The molecule has 6 heteroatoms. The zero-order valence-electron chi connectivity index (χ0n) is 12.9. The SMILES string of the molecule is COc1ccc(Cl)cc1NC(=O)CN(C(C)=O)c1ccccc1. The largest absolute Gasteiger partial charge is 0.495 e. The van der Waals surface area contributed by atoms with Gasteiger partial charge in [0, 0.05) is 17.6 Å². The van der Waals surface area contributed by atoms with Crippen molar-refractivity contribution < 1.29 is 14.3 Å². The van der Waals surface area contributed by atoms with Crippen molar-refractivity contribution in [2.45, 2.75) is 6.92 Å². The van der Waals surface area contributed by atoms with E-state index < -0.39 is 0 Å². The standard InChI is InChI=1S/C17H17ClN2O3/c1-12(21)20(14-6-4-3-5-7-14)11-17(22)19-15-10-13(18)8-9-16(15)23-2/h3-10H,11H2,1-2H3,(H,19,22). The molecule has 0 aliphatic rings. The van der Waals surface area contributed by atoms with Crippen molar-refractivity contribution in [3.8, 4) is 5.75 Å². The molecule has 2 aromatic carbocycles. The summed E-state index contributed by atoms with van der Waals surface area (Å²) in [6, 6.07) is 13.9. The molecule has 0 heterocycles. The van der Waals surface area contributed by atoms with Crippen LogP contribution in [-0.4, -0.2) is 25.5 Å². The Bertz CT molecular complexity index is 704. The number of benzene rings is 2. The summed E-state index contributed by atoms with van der Waals surface area (Å²) in [6.07, 6.45) is 0. The number of nitrogens with one attached hydrogen (secondary N) is 1. The van der Waals surface area contributed by atoms with E-state index in [2.05, 4.69) is 5.32 Å². The normalized spacial score (nSPS) is 10.0. The van der Waals surface area contributed by atoms with Gasteiger partial charge in [-0.1, -0.05) is 29.8 Å². The number of nitrogens with zero attached hydrogens (tertiary/aromatic N) is 1. The second-order valence-electron chi connectivity index (χ2n) is 4.83. The minimum absolute atomic E-state index is 0.102. The van der Waals surface area contributed by atoms with E-state index in [1.807, 2.05) is 18.2 Å². The highest BCUT2D eigenvalue weighted by atomic mass is 35.5. The molecule has 0 atom stereocenters. The van der Waals surface area contributed by atoms with E-state index in [1.54, 1.807) is 30.3 Å². The number of hydrogen-bond donors (Lipinski definition) is 1. The van der Waals surface area contributed by atoms with Gasteiger partial charge in [0.15, 0.2) is 0 Å². The van der Waals surface area contributed by atoms with Crippen LogP contribution in [0.2, 0.25) is 5.02 Å². The van der Waals surface area contributed by atoms with Crippen LogP contribution in [0.3, 0.4) is 0 Å². The maximum absolute atomic E-state index is 12.3. The van der Waals surface area contributed by atoms with Crippen LogP contribution < -0.4 is 15.0 Å². The molecule has 23 heavy (non-hydrogen) atoms. The minimum Gasteiger partial charge on any atom is -0.495 e. The van der Waals surface area contributed by atoms with Crippen LogP contribution in [0.15, 0.2) is 48.5 Å². The Kier molecular flexibility index (Phi) is 5.60. The average Bonchev–Trinajstić information content (AvgIpc) is 2.53. The molecule has 0 saturated heterocycles. The molecular weight excluding hydrogens is 316 g/mol. The lowest BCUT2D eigenvalue weighted by Gasteiger charge is -2.21. The van der Waals surface area contributed by atoms with Crippen LogP contribution in [0.4, 0.5) is 11.4 Å². The van der Waals surface area contributed by atoms with Crippen molar-refractivity contribution in [2.75, 3.05) is 23.9 Å². The Morgan fingerprint density at radius 3 is 2.48 bits per heavy atom. The summed E-state index contributed by atoms with van der Waals surface area (Å²) in [5.74, 6) is -0.0640. The van der Waals surface area contributed by atoms with E-state index in [0.29, 0.717) is 22.1 Å². The Balaban J connectivity index is 2.14. The van der Waals surface area contributed by atoms with E-state index in [0.717, 1.165) is 0 Å². The van der Waals surface area contributed by atoms with E-state index >= 15 is 0 Å². The van der Waals surface area contributed by atoms with Gasteiger partial charge in [-0.15, -0.1) is 0 Å². The molecule has 0 spiro atoms. The highest BCUT2D eigenvalue weighted by Gasteiger charge is 2.16. The number of rotatable bonds is 5. The van der Waals surface area contributed by atoms with Gasteiger partial charge in [-0.2, -0.15) is 0 Å². The zero-order valence-corrected chi connectivity index (χ0v) is 13.6. The fourth-order valence-electron chi connectivity index (χ4n) is 2.10. The molecule has 2 aromatic rings. The van der Waals surface area contributed by atoms with Gasteiger partial charge >= 0.3 is 0 Å². The third kappa shape index (κ3) is 4.47. The van der Waals surface area contributed by atoms with Gasteiger partial charge < -0.3 is 15.0 Å². The number of hydrogen-bond acceptors (Lipinski definition) is 3. The van der Waals surface area contributed by atoms with Crippen LogP contribution in [0, 0.1) is 0 Å². The van der Waals surface area contributed by atoms with Gasteiger partial charge in [-0.3, -0.25) is 9.59 Å². The van der Waals surface area contributed by atoms with Crippen LogP contribution in [0.25, 0.3) is 0 Å².